The van der Waals surface area contributed by atoms with Gasteiger partial charge in [0.25, 0.3) is 0 Å². The van der Waals surface area contributed by atoms with E-state index < -0.39 is 0 Å². The van der Waals surface area contributed by atoms with Crippen LogP contribution in [0.2, 0.25) is 0 Å². The first-order valence-corrected chi connectivity index (χ1v) is 12.9. The highest BCUT2D eigenvalue weighted by Gasteiger charge is 2.49. The van der Waals surface area contributed by atoms with E-state index in [9.17, 15) is 4.79 Å². The van der Waals surface area contributed by atoms with Crippen LogP contribution in [0.3, 0.4) is 0 Å². The minimum atomic E-state index is -0.352. The fraction of sp³-hybridized carbons (Fsp3) is 0.958. The van der Waals surface area contributed by atoms with Gasteiger partial charge < -0.3 is 24.6 Å². The number of hydrogen-bond acceptors (Lipinski definition) is 5. The zero-order valence-corrected chi connectivity index (χ0v) is 19.8. The van der Waals surface area contributed by atoms with Gasteiger partial charge in [-0.1, -0.05) is 13.3 Å². The largest absolute Gasteiger partial charge is 0.348 e. The second-order valence-corrected chi connectivity index (χ2v) is 10.0. The highest BCUT2D eigenvalue weighted by molar-refractivity contribution is 5.74. The van der Waals surface area contributed by atoms with Crippen molar-refractivity contribution in [2.45, 2.75) is 83.1 Å². The average molecular weight is 437 g/mol. The van der Waals surface area contributed by atoms with Crippen molar-refractivity contribution in [1.29, 1.82) is 0 Å². The van der Waals surface area contributed by atoms with Gasteiger partial charge in [-0.05, 0) is 64.6 Å². The van der Waals surface area contributed by atoms with E-state index in [1.807, 2.05) is 4.90 Å². The molecule has 3 saturated heterocycles. The Morgan fingerprint density at radius 2 is 1.90 bits per heavy atom. The third-order valence-electron chi connectivity index (χ3n) is 7.91. The lowest BCUT2D eigenvalue weighted by molar-refractivity contribution is -0.201. The summed E-state index contributed by atoms with van der Waals surface area (Å²) < 4.78 is 12.1. The van der Waals surface area contributed by atoms with Crippen LogP contribution < -0.4 is 5.32 Å². The molecule has 0 aromatic rings. The van der Waals surface area contributed by atoms with Crippen LogP contribution in [0.15, 0.2) is 0 Å². The molecular formula is C24H44N4O3. The Balaban J connectivity index is 1.33. The van der Waals surface area contributed by atoms with Gasteiger partial charge in [-0.3, -0.25) is 4.90 Å². The Bertz CT molecular complexity index is 577. The predicted octanol–water partition coefficient (Wildman–Crippen LogP) is 2.90. The summed E-state index contributed by atoms with van der Waals surface area (Å²) in [6, 6.07) is 0.923. The molecule has 31 heavy (non-hydrogen) atoms. The van der Waals surface area contributed by atoms with Gasteiger partial charge in [0.15, 0.2) is 5.79 Å². The number of carbonyl (C=O) groups excluding carboxylic acids is 1. The number of likely N-dealkylation sites (N-methyl/N-ethyl adjacent to an activating group) is 1. The van der Waals surface area contributed by atoms with Crippen LogP contribution in [-0.2, 0) is 9.47 Å². The molecule has 3 aliphatic heterocycles. The van der Waals surface area contributed by atoms with E-state index in [-0.39, 0.29) is 17.9 Å². The summed E-state index contributed by atoms with van der Waals surface area (Å²) in [5.41, 5.74) is 0. The third kappa shape index (κ3) is 5.73. The first kappa shape index (κ1) is 23.3. The first-order chi connectivity index (χ1) is 15.1. The lowest BCUT2D eigenvalue weighted by atomic mass is 9.74. The number of nitrogens with one attached hydrogen (secondary N) is 1. The number of urea groups is 1. The highest BCUT2D eigenvalue weighted by Crippen LogP contribution is 2.44. The van der Waals surface area contributed by atoms with Crippen molar-refractivity contribution in [2.75, 3.05) is 59.0 Å². The molecule has 7 nitrogen and oxygen atoms in total. The number of piperidine rings is 2. The molecule has 3 heterocycles. The standard InChI is InChI=1S/C24H44N4O3/c1-3-10-28-19-21(17-20-18-24(9-8-22(20)28)30-15-16-31-24)25-23(29)27(4-2)14-13-26-11-6-5-7-12-26/h20-22H,3-19H2,1-2H3,(H,25,29)/t20-,21+,22-/m1/s1. The Labute approximate surface area is 188 Å². The van der Waals surface area contributed by atoms with Crippen LogP contribution in [0, 0.1) is 5.92 Å². The molecule has 0 aromatic heterocycles. The molecule has 0 bridgehead atoms. The number of nitrogens with zero attached hydrogens (tertiary/aromatic N) is 3. The van der Waals surface area contributed by atoms with E-state index in [1.54, 1.807) is 0 Å². The van der Waals surface area contributed by atoms with Crippen LogP contribution in [0.5, 0.6) is 0 Å². The molecule has 2 amide bonds. The Kier molecular flexibility index (Phi) is 8.12. The highest BCUT2D eigenvalue weighted by atomic mass is 16.7. The fourth-order valence-corrected chi connectivity index (χ4v) is 6.34. The third-order valence-corrected chi connectivity index (χ3v) is 7.91. The molecule has 4 rings (SSSR count). The van der Waals surface area contributed by atoms with Crippen LogP contribution in [0.1, 0.15) is 65.2 Å². The lowest BCUT2D eigenvalue weighted by Gasteiger charge is -2.51. The van der Waals surface area contributed by atoms with Crippen molar-refractivity contribution in [3.8, 4) is 0 Å². The summed E-state index contributed by atoms with van der Waals surface area (Å²) in [6.45, 7) is 12.8. The normalized spacial score (nSPS) is 31.5. The summed E-state index contributed by atoms with van der Waals surface area (Å²) in [4.78, 5) is 20.3. The molecule has 0 unspecified atom stereocenters. The number of carbonyl (C=O) groups is 1. The van der Waals surface area contributed by atoms with Crippen molar-refractivity contribution < 1.29 is 14.3 Å². The maximum absolute atomic E-state index is 13.1. The maximum Gasteiger partial charge on any atom is 0.317 e. The number of ether oxygens (including phenoxy) is 2. The topological polar surface area (TPSA) is 57.3 Å². The summed E-state index contributed by atoms with van der Waals surface area (Å²) in [5, 5.41) is 3.40. The molecule has 0 aromatic carbocycles. The van der Waals surface area contributed by atoms with E-state index in [0.29, 0.717) is 12.0 Å². The smallest absolute Gasteiger partial charge is 0.317 e. The molecule has 178 valence electrons. The van der Waals surface area contributed by atoms with Crippen molar-refractivity contribution in [3.05, 3.63) is 0 Å². The first-order valence-electron chi connectivity index (χ1n) is 12.9. The minimum Gasteiger partial charge on any atom is -0.348 e. The van der Waals surface area contributed by atoms with Crippen molar-refractivity contribution >= 4 is 6.03 Å². The van der Waals surface area contributed by atoms with Crippen molar-refractivity contribution in [3.63, 3.8) is 0 Å². The van der Waals surface area contributed by atoms with E-state index >= 15 is 0 Å². The molecule has 3 atom stereocenters. The van der Waals surface area contributed by atoms with Gasteiger partial charge in [-0.2, -0.15) is 0 Å². The van der Waals surface area contributed by atoms with Gasteiger partial charge >= 0.3 is 6.03 Å². The van der Waals surface area contributed by atoms with Crippen molar-refractivity contribution in [1.82, 2.24) is 20.0 Å². The van der Waals surface area contributed by atoms with Crippen LogP contribution in [0.4, 0.5) is 4.79 Å². The Hall–Kier alpha value is -0.890. The zero-order valence-electron chi connectivity index (χ0n) is 19.8. The monoisotopic (exact) mass is 436 g/mol. The van der Waals surface area contributed by atoms with Gasteiger partial charge in [0.2, 0.25) is 0 Å². The van der Waals surface area contributed by atoms with Gasteiger partial charge in [0, 0.05) is 51.1 Å². The van der Waals surface area contributed by atoms with Gasteiger partial charge in [-0.25, -0.2) is 4.79 Å². The average Bonchev–Trinajstić information content (AvgIpc) is 3.22. The molecular weight excluding hydrogens is 392 g/mol. The van der Waals surface area contributed by atoms with Crippen LogP contribution >= 0.6 is 0 Å². The number of likely N-dealkylation sites (tertiary alicyclic amines) is 2. The molecule has 1 aliphatic carbocycles. The fourth-order valence-electron chi connectivity index (χ4n) is 6.34. The quantitative estimate of drug-likeness (QED) is 0.665. The molecule has 7 heteroatoms. The zero-order chi connectivity index (χ0) is 21.7. The number of rotatable bonds is 7. The lowest BCUT2D eigenvalue weighted by Crippen LogP contribution is -2.60. The number of fused-ring (bicyclic) bond motifs is 1. The molecule has 1 N–H and O–H groups in total. The van der Waals surface area contributed by atoms with E-state index in [4.69, 9.17) is 9.47 Å². The molecule has 1 spiro atoms. The van der Waals surface area contributed by atoms with E-state index in [2.05, 4.69) is 29.0 Å². The Morgan fingerprint density at radius 3 is 2.61 bits per heavy atom. The predicted molar refractivity (Wildman–Crippen MR) is 122 cm³/mol. The summed E-state index contributed by atoms with van der Waals surface area (Å²) >= 11 is 0. The van der Waals surface area contributed by atoms with Gasteiger partial charge in [0.1, 0.15) is 0 Å². The van der Waals surface area contributed by atoms with E-state index in [1.165, 1.54) is 32.4 Å². The van der Waals surface area contributed by atoms with Crippen LogP contribution in [-0.4, -0.2) is 97.6 Å². The van der Waals surface area contributed by atoms with Crippen LogP contribution in [0.25, 0.3) is 0 Å². The number of hydrogen-bond donors (Lipinski definition) is 1. The molecule has 4 aliphatic rings. The second kappa shape index (κ2) is 10.8. The SMILES string of the molecule is CCCN1C[C@@H](NC(=O)N(CC)CCN2CCCCC2)C[C@@H]2CC3(CC[C@H]21)OCCO3. The Morgan fingerprint density at radius 1 is 1.13 bits per heavy atom. The molecule has 4 fully saturated rings. The minimum absolute atomic E-state index is 0.110. The summed E-state index contributed by atoms with van der Waals surface area (Å²) in [6.07, 6.45) is 9.25. The maximum atomic E-state index is 13.1. The summed E-state index contributed by atoms with van der Waals surface area (Å²) in [5.74, 6) is 0.176. The van der Waals surface area contributed by atoms with Gasteiger partial charge in [-0.15, -0.1) is 0 Å². The van der Waals surface area contributed by atoms with E-state index in [0.717, 1.165) is 78.0 Å². The molecule has 0 radical (unpaired) electrons. The van der Waals surface area contributed by atoms with Gasteiger partial charge in [0.05, 0.1) is 13.2 Å². The summed E-state index contributed by atoms with van der Waals surface area (Å²) in [7, 11) is 0. The van der Waals surface area contributed by atoms with Crippen molar-refractivity contribution in [2.24, 2.45) is 5.92 Å². The number of amides is 2. The molecule has 1 saturated carbocycles. The second-order valence-electron chi connectivity index (χ2n) is 10.0.